The van der Waals surface area contributed by atoms with E-state index in [9.17, 15) is 14.9 Å². The van der Waals surface area contributed by atoms with Gasteiger partial charge in [-0.05, 0) is 63.4 Å². The van der Waals surface area contributed by atoms with Crippen molar-refractivity contribution in [1.29, 1.82) is 5.26 Å². The smallest absolute Gasteiger partial charge is 0.207 e. The standard InChI is InChI=1S/C17H17ClN4O.C5H9NO.CH5N/c18-14-5-7-15(8-6-14)20-17-13(11-23)10-22(21-17)16-4-2-1-3-12(16)9-19;7-4-6-5-2-1-3-5;1-2/h5-8,10-12,16H,1-4H2,(H,20,21);4-5H,1-3H2,(H,6,7);2H2,1H3. The second-order valence-corrected chi connectivity index (χ2v) is 8.10. The molecular formula is C23H31ClN6O2. The van der Waals surface area contributed by atoms with E-state index >= 15 is 0 Å². The van der Waals surface area contributed by atoms with Gasteiger partial charge in [0.2, 0.25) is 6.41 Å². The molecular weight excluding hydrogens is 428 g/mol. The zero-order valence-corrected chi connectivity index (χ0v) is 19.1. The zero-order chi connectivity index (χ0) is 23.3. The minimum Gasteiger partial charge on any atom is -0.356 e. The number of benzene rings is 1. The number of nitrogens with one attached hydrogen (secondary N) is 2. The van der Waals surface area contributed by atoms with Gasteiger partial charge in [0.05, 0.1) is 23.6 Å². The van der Waals surface area contributed by atoms with Gasteiger partial charge in [-0.1, -0.05) is 24.4 Å². The van der Waals surface area contributed by atoms with Gasteiger partial charge < -0.3 is 16.4 Å². The molecule has 2 atom stereocenters. The fourth-order valence-corrected chi connectivity index (χ4v) is 3.80. The van der Waals surface area contributed by atoms with Gasteiger partial charge in [-0.25, -0.2) is 0 Å². The molecule has 8 nitrogen and oxygen atoms in total. The van der Waals surface area contributed by atoms with Gasteiger partial charge in [-0.3, -0.25) is 14.3 Å². The number of rotatable bonds is 6. The number of nitriles is 1. The highest BCUT2D eigenvalue weighted by molar-refractivity contribution is 6.30. The van der Waals surface area contributed by atoms with E-state index in [-0.39, 0.29) is 12.0 Å². The van der Waals surface area contributed by atoms with Gasteiger partial charge in [-0.15, -0.1) is 0 Å². The highest BCUT2D eigenvalue weighted by atomic mass is 35.5. The summed E-state index contributed by atoms with van der Waals surface area (Å²) in [5.41, 5.74) is 5.80. The number of carbonyl (C=O) groups is 2. The maximum absolute atomic E-state index is 11.3. The summed E-state index contributed by atoms with van der Waals surface area (Å²) in [4.78, 5) is 21.0. The van der Waals surface area contributed by atoms with Crippen LogP contribution in [0.3, 0.4) is 0 Å². The fourth-order valence-electron chi connectivity index (χ4n) is 3.68. The Kier molecular flexibility index (Phi) is 10.7. The predicted octanol–water partition coefficient (Wildman–Crippen LogP) is 4.21. The first-order valence-electron chi connectivity index (χ1n) is 10.9. The molecule has 1 heterocycles. The first-order chi connectivity index (χ1) is 15.6. The highest BCUT2D eigenvalue weighted by Crippen LogP contribution is 2.34. The summed E-state index contributed by atoms with van der Waals surface area (Å²) in [5, 5.41) is 20.3. The number of nitrogens with two attached hydrogens (primary N) is 1. The lowest BCUT2D eigenvalue weighted by Gasteiger charge is -2.26. The van der Waals surface area contributed by atoms with E-state index in [1.165, 1.54) is 26.3 Å². The lowest BCUT2D eigenvalue weighted by Crippen LogP contribution is -2.33. The molecule has 2 unspecified atom stereocenters. The van der Waals surface area contributed by atoms with Crippen LogP contribution in [0.2, 0.25) is 5.02 Å². The number of amides is 1. The number of aromatic nitrogens is 2. The number of hydrogen-bond acceptors (Lipinski definition) is 6. The summed E-state index contributed by atoms with van der Waals surface area (Å²) < 4.78 is 1.77. The number of hydrogen-bond donors (Lipinski definition) is 3. The van der Waals surface area contributed by atoms with Gasteiger partial charge in [0.1, 0.15) is 0 Å². The molecule has 2 aliphatic carbocycles. The molecule has 2 saturated carbocycles. The lowest BCUT2D eigenvalue weighted by atomic mass is 9.86. The number of halogens is 1. The summed E-state index contributed by atoms with van der Waals surface area (Å²) in [6, 6.07) is 10.1. The van der Waals surface area contributed by atoms with Crippen LogP contribution in [0.25, 0.3) is 0 Å². The molecule has 4 rings (SSSR count). The molecule has 0 aliphatic heterocycles. The molecule has 1 amide bonds. The Labute approximate surface area is 194 Å². The van der Waals surface area contributed by atoms with E-state index in [0.717, 1.165) is 44.1 Å². The van der Waals surface area contributed by atoms with E-state index in [2.05, 4.69) is 27.5 Å². The van der Waals surface area contributed by atoms with Crippen molar-refractivity contribution in [3.05, 3.63) is 41.0 Å². The fraction of sp³-hybridized carbons (Fsp3) is 0.478. The van der Waals surface area contributed by atoms with Gasteiger partial charge in [0.15, 0.2) is 12.1 Å². The Morgan fingerprint density at radius 1 is 1.12 bits per heavy atom. The molecule has 0 saturated heterocycles. The number of anilines is 2. The zero-order valence-electron chi connectivity index (χ0n) is 18.3. The van der Waals surface area contributed by atoms with E-state index in [1.54, 1.807) is 23.0 Å². The van der Waals surface area contributed by atoms with E-state index in [4.69, 9.17) is 11.6 Å². The molecule has 0 spiro atoms. The second kappa shape index (κ2) is 13.5. The molecule has 2 aliphatic rings. The summed E-state index contributed by atoms with van der Waals surface area (Å²) in [5.74, 6) is 0.455. The van der Waals surface area contributed by atoms with Crippen LogP contribution in [0.5, 0.6) is 0 Å². The van der Waals surface area contributed by atoms with E-state index in [1.807, 2.05) is 12.1 Å². The van der Waals surface area contributed by atoms with Crippen molar-refractivity contribution in [1.82, 2.24) is 15.1 Å². The van der Waals surface area contributed by atoms with Crippen LogP contribution in [0.1, 0.15) is 61.3 Å². The Bertz CT molecular complexity index is 889. The Hall–Kier alpha value is -2.89. The maximum atomic E-state index is 11.3. The van der Waals surface area contributed by atoms with Crippen molar-refractivity contribution in [2.24, 2.45) is 11.7 Å². The third-order valence-corrected chi connectivity index (χ3v) is 5.89. The number of aldehydes is 1. The predicted molar refractivity (Wildman–Crippen MR) is 126 cm³/mol. The van der Waals surface area contributed by atoms with E-state index in [0.29, 0.717) is 22.4 Å². The Morgan fingerprint density at radius 3 is 2.34 bits per heavy atom. The van der Waals surface area contributed by atoms with Crippen LogP contribution >= 0.6 is 11.6 Å². The Balaban J connectivity index is 0.000000340. The minimum atomic E-state index is -0.0495. The van der Waals surface area contributed by atoms with Gasteiger partial charge >= 0.3 is 0 Å². The second-order valence-electron chi connectivity index (χ2n) is 7.66. The van der Waals surface area contributed by atoms with Crippen molar-refractivity contribution in [3.63, 3.8) is 0 Å². The minimum absolute atomic E-state index is 0.0354. The molecule has 172 valence electrons. The first kappa shape index (κ1) is 25.4. The van der Waals surface area contributed by atoms with Crippen LogP contribution in [-0.2, 0) is 4.79 Å². The lowest BCUT2D eigenvalue weighted by molar-refractivity contribution is -0.110. The van der Waals surface area contributed by atoms with Gasteiger partial charge in [-0.2, -0.15) is 10.4 Å². The van der Waals surface area contributed by atoms with Crippen molar-refractivity contribution in [3.8, 4) is 6.07 Å². The van der Waals surface area contributed by atoms with Gasteiger partial charge in [0, 0.05) is 22.9 Å². The first-order valence-corrected chi connectivity index (χ1v) is 11.3. The third-order valence-electron chi connectivity index (χ3n) is 5.64. The number of nitrogens with zero attached hydrogens (tertiary/aromatic N) is 3. The molecule has 32 heavy (non-hydrogen) atoms. The molecule has 1 aromatic carbocycles. The van der Waals surface area contributed by atoms with Crippen LogP contribution in [0.4, 0.5) is 11.5 Å². The summed E-state index contributed by atoms with van der Waals surface area (Å²) in [6.07, 6.45) is 10.9. The molecule has 1 aromatic heterocycles. The molecule has 0 radical (unpaired) electrons. The topological polar surface area (TPSA) is 126 Å². The summed E-state index contributed by atoms with van der Waals surface area (Å²) in [7, 11) is 1.50. The molecule has 4 N–H and O–H groups in total. The highest BCUT2D eigenvalue weighted by Gasteiger charge is 2.28. The summed E-state index contributed by atoms with van der Waals surface area (Å²) in [6.45, 7) is 0. The SMILES string of the molecule is CN.N#CC1CCCCC1n1cc(C=O)c(Nc2ccc(Cl)cc2)n1.O=CNC1CCC1. The normalized spacial score (nSPS) is 19.6. The third kappa shape index (κ3) is 7.08. The van der Waals surface area contributed by atoms with Crippen molar-refractivity contribution < 1.29 is 9.59 Å². The van der Waals surface area contributed by atoms with Gasteiger partial charge in [0.25, 0.3) is 0 Å². The molecule has 9 heteroatoms. The van der Waals surface area contributed by atoms with Crippen molar-refractivity contribution >= 4 is 35.8 Å². The largest absolute Gasteiger partial charge is 0.356 e. The summed E-state index contributed by atoms with van der Waals surface area (Å²) >= 11 is 5.88. The van der Waals surface area contributed by atoms with Crippen LogP contribution in [0.15, 0.2) is 30.5 Å². The monoisotopic (exact) mass is 458 g/mol. The van der Waals surface area contributed by atoms with E-state index < -0.39 is 0 Å². The van der Waals surface area contributed by atoms with Crippen molar-refractivity contribution in [2.75, 3.05) is 12.4 Å². The average molecular weight is 459 g/mol. The Morgan fingerprint density at radius 2 is 1.81 bits per heavy atom. The van der Waals surface area contributed by atoms with Crippen molar-refractivity contribution in [2.45, 2.75) is 57.0 Å². The molecule has 0 bridgehead atoms. The molecule has 2 aromatic rings. The molecule has 2 fully saturated rings. The van der Waals surface area contributed by atoms with Crippen LogP contribution in [0, 0.1) is 17.2 Å². The van der Waals surface area contributed by atoms with Crippen LogP contribution < -0.4 is 16.4 Å². The maximum Gasteiger partial charge on any atom is 0.207 e. The average Bonchev–Trinajstić information content (AvgIpc) is 3.22. The van der Waals surface area contributed by atoms with Crippen LogP contribution in [-0.4, -0.2) is 35.6 Å². The number of carbonyl (C=O) groups excluding carboxylic acids is 2. The quantitative estimate of drug-likeness (QED) is 0.556.